The van der Waals surface area contributed by atoms with Gasteiger partial charge in [0.15, 0.2) is 0 Å². The van der Waals surface area contributed by atoms with E-state index < -0.39 is 10.0 Å². The Hall–Kier alpha value is -1.67. The number of rotatable bonds is 6. The number of aromatic nitrogens is 1. The van der Waals surface area contributed by atoms with Crippen LogP contribution >= 0.6 is 22.9 Å². The topological polar surface area (TPSA) is 51.1 Å². The molecule has 0 radical (unpaired) electrons. The van der Waals surface area contributed by atoms with Gasteiger partial charge in [-0.3, -0.25) is 0 Å². The van der Waals surface area contributed by atoms with Gasteiger partial charge in [0.2, 0.25) is 10.0 Å². The predicted molar refractivity (Wildman–Crippen MR) is 93.3 cm³/mol. The molecule has 0 aliphatic rings. The predicted octanol–water partition coefficient (Wildman–Crippen LogP) is 3.87. The summed E-state index contributed by atoms with van der Waals surface area (Å²) in [6.07, 6.45) is 1.79. The molecular weight excluding hydrogens is 371 g/mol. The smallest absolute Gasteiger partial charge is 0.250 e. The van der Waals surface area contributed by atoms with Crippen molar-refractivity contribution in [2.24, 2.45) is 0 Å². The van der Waals surface area contributed by atoms with Crippen LogP contribution in [0.25, 0.3) is 0 Å². The molecule has 0 spiro atoms. The third-order valence-corrected chi connectivity index (χ3v) is 6.60. The number of halogens is 2. The highest BCUT2D eigenvalue weighted by Gasteiger charge is 2.17. The summed E-state index contributed by atoms with van der Waals surface area (Å²) in [5.74, 6) is -0.286. The number of hydrogen-bond acceptors (Lipinski definition) is 3. The fraction of sp³-hybridized carbons (Fsp3) is 0.125. The van der Waals surface area contributed by atoms with Crippen molar-refractivity contribution in [3.05, 3.63) is 76.1 Å². The summed E-state index contributed by atoms with van der Waals surface area (Å²) in [6.45, 7) is 0.445. The lowest BCUT2D eigenvalue weighted by molar-refractivity contribution is 0.576. The highest BCUT2D eigenvalue weighted by atomic mass is 35.5. The van der Waals surface area contributed by atoms with E-state index >= 15 is 0 Å². The summed E-state index contributed by atoms with van der Waals surface area (Å²) in [6, 6.07) is 13.1. The molecule has 24 heavy (non-hydrogen) atoms. The average Bonchev–Trinajstić information content (AvgIpc) is 3.17. The summed E-state index contributed by atoms with van der Waals surface area (Å²) >= 11 is 6.78. The highest BCUT2D eigenvalue weighted by Crippen LogP contribution is 2.25. The van der Waals surface area contributed by atoms with E-state index in [2.05, 4.69) is 4.72 Å². The van der Waals surface area contributed by atoms with Crippen LogP contribution in [0, 0.1) is 5.82 Å². The molecule has 126 valence electrons. The van der Waals surface area contributed by atoms with E-state index in [0.717, 1.165) is 17.0 Å². The SMILES string of the molecule is O=S(=O)(NCc1cccn1Cc1ccccc1F)c1ccc(Cl)s1. The maximum absolute atomic E-state index is 13.8. The van der Waals surface area contributed by atoms with Gasteiger partial charge < -0.3 is 4.57 Å². The van der Waals surface area contributed by atoms with Gasteiger partial charge in [-0.25, -0.2) is 17.5 Å². The molecule has 0 aliphatic carbocycles. The number of sulfonamides is 1. The van der Waals surface area contributed by atoms with E-state index in [9.17, 15) is 12.8 Å². The normalized spacial score (nSPS) is 11.8. The Bertz CT molecular complexity index is 950. The molecule has 0 saturated heterocycles. The Kier molecular flexibility index (Phi) is 5.05. The van der Waals surface area contributed by atoms with Crippen LogP contribution in [0.2, 0.25) is 4.34 Å². The van der Waals surface area contributed by atoms with E-state index in [4.69, 9.17) is 11.6 Å². The van der Waals surface area contributed by atoms with Crippen LogP contribution in [0.3, 0.4) is 0 Å². The maximum atomic E-state index is 13.8. The van der Waals surface area contributed by atoms with Crippen LogP contribution in [0.4, 0.5) is 4.39 Å². The molecule has 3 rings (SSSR count). The number of thiophene rings is 1. The highest BCUT2D eigenvalue weighted by molar-refractivity contribution is 7.91. The number of nitrogens with zero attached hydrogens (tertiary/aromatic N) is 1. The first-order valence-corrected chi connectivity index (χ1v) is 9.76. The standard InChI is InChI=1S/C16H14ClFN2O2S2/c17-15-7-8-16(23-15)24(21,22)19-10-13-5-3-9-20(13)11-12-4-1-2-6-14(12)18/h1-9,19H,10-11H2. The summed E-state index contributed by atoms with van der Waals surface area (Å²) in [5, 5.41) is 0. The lowest BCUT2D eigenvalue weighted by Crippen LogP contribution is -2.24. The molecule has 0 unspecified atom stereocenters. The average molecular weight is 385 g/mol. The van der Waals surface area contributed by atoms with Gasteiger partial charge in [-0.15, -0.1) is 11.3 Å². The largest absolute Gasteiger partial charge is 0.346 e. The third kappa shape index (κ3) is 3.87. The summed E-state index contributed by atoms with van der Waals surface area (Å²) in [5.41, 5.74) is 1.28. The summed E-state index contributed by atoms with van der Waals surface area (Å²) < 4.78 is 43.2. The Labute approximate surface area is 148 Å². The molecule has 0 saturated carbocycles. The second kappa shape index (κ2) is 7.06. The van der Waals surface area contributed by atoms with Crippen molar-refractivity contribution in [2.45, 2.75) is 17.3 Å². The number of benzene rings is 1. The van der Waals surface area contributed by atoms with E-state index in [-0.39, 0.29) is 16.6 Å². The molecule has 0 fully saturated rings. The van der Waals surface area contributed by atoms with Crippen LogP contribution in [0.15, 0.2) is 58.9 Å². The monoisotopic (exact) mass is 384 g/mol. The molecule has 2 heterocycles. The van der Waals surface area contributed by atoms with Gasteiger partial charge in [0.05, 0.1) is 17.4 Å². The van der Waals surface area contributed by atoms with E-state index in [0.29, 0.717) is 16.4 Å². The molecule has 8 heteroatoms. The van der Waals surface area contributed by atoms with E-state index in [1.165, 1.54) is 12.1 Å². The van der Waals surface area contributed by atoms with Crippen molar-refractivity contribution in [3.8, 4) is 0 Å². The van der Waals surface area contributed by atoms with Gasteiger partial charge in [-0.2, -0.15) is 0 Å². The fourth-order valence-electron chi connectivity index (χ4n) is 2.26. The molecule has 0 atom stereocenters. The number of nitrogens with one attached hydrogen (secondary N) is 1. The van der Waals surface area contributed by atoms with Crippen molar-refractivity contribution in [3.63, 3.8) is 0 Å². The van der Waals surface area contributed by atoms with Crippen LogP contribution in [-0.4, -0.2) is 13.0 Å². The van der Waals surface area contributed by atoms with Gasteiger partial charge in [-0.05, 0) is 30.3 Å². The van der Waals surface area contributed by atoms with Crippen LogP contribution in [-0.2, 0) is 23.1 Å². The quantitative estimate of drug-likeness (QED) is 0.701. The maximum Gasteiger partial charge on any atom is 0.250 e. The second-order valence-electron chi connectivity index (χ2n) is 5.10. The van der Waals surface area contributed by atoms with Gasteiger partial charge in [0.25, 0.3) is 0 Å². The zero-order valence-corrected chi connectivity index (χ0v) is 14.8. The Morgan fingerprint density at radius 2 is 1.92 bits per heavy atom. The van der Waals surface area contributed by atoms with Crippen molar-refractivity contribution >= 4 is 33.0 Å². The van der Waals surface area contributed by atoms with Crippen LogP contribution in [0.1, 0.15) is 11.3 Å². The first-order valence-electron chi connectivity index (χ1n) is 7.08. The summed E-state index contributed by atoms with van der Waals surface area (Å²) in [4.78, 5) is 0. The summed E-state index contributed by atoms with van der Waals surface area (Å²) in [7, 11) is -3.62. The minimum Gasteiger partial charge on any atom is -0.346 e. The molecule has 0 bridgehead atoms. The van der Waals surface area contributed by atoms with Crippen molar-refractivity contribution in [2.75, 3.05) is 0 Å². The van der Waals surface area contributed by atoms with Gasteiger partial charge in [0, 0.05) is 17.5 Å². The van der Waals surface area contributed by atoms with Gasteiger partial charge in [-0.1, -0.05) is 29.8 Å². The van der Waals surface area contributed by atoms with Gasteiger partial charge >= 0.3 is 0 Å². The molecule has 3 aromatic rings. The molecule has 1 N–H and O–H groups in total. The van der Waals surface area contributed by atoms with Crippen molar-refractivity contribution < 1.29 is 12.8 Å². The fourth-order valence-corrected chi connectivity index (χ4v) is 4.78. The second-order valence-corrected chi connectivity index (χ2v) is 8.81. The Morgan fingerprint density at radius 3 is 2.62 bits per heavy atom. The lowest BCUT2D eigenvalue weighted by atomic mass is 10.2. The Balaban J connectivity index is 1.73. The zero-order chi connectivity index (χ0) is 17.2. The molecule has 2 aromatic heterocycles. The molecule has 0 aliphatic heterocycles. The van der Waals surface area contributed by atoms with Crippen LogP contribution in [0.5, 0.6) is 0 Å². The van der Waals surface area contributed by atoms with E-state index in [1.54, 1.807) is 42.6 Å². The number of hydrogen-bond donors (Lipinski definition) is 1. The lowest BCUT2D eigenvalue weighted by Gasteiger charge is -2.11. The minimum absolute atomic E-state index is 0.110. The van der Waals surface area contributed by atoms with Crippen LogP contribution < -0.4 is 4.72 Å². The molecule has 0 amide bonds. The van der Waals surface area contributed by atoms with Crippen molar-refractivity contribution in [1.29, 1.82) is 0 Å². The first kappa shape index (κ1) is 17.2. The molecule has 4 nitrogen and oxygen atoms in total. The first-order chi connectivity index (χ1) is 11.5. The van der Waals surface area contributed by atoms with Gasteiger partial charge in [0.1, 0.15) is 10.0 Å². The van der Waals surface area contributed by atoms with E-state index in [1.807, 2.05) is 4.57 Å². The minimum atomic E-state index is -3.62. The molecular formula is C16H14ClFN2O2S2. The zero-order valence-electron chi connectivity index (χ0n) is 12.4. The third-order valence-electron chi connectivity index (χ3n) is 3.48. The Morgan fingerprint density at radius 1 is 1.12 bits per heavy atom. The molecule has 1 aromatic carbocycles. The van der Waals surface area contributed by atoms with Crippen molar-refractivity contribution in [1.82, 2.24) is 9.29 Å².